The summed E-state index contributed by atoms with van der Waals surface area (Å²) >= 11 is 0. The molecule has 3 fully saturated rings. The van der Waals surface area contributed by atoms with Gasteiger partial charge < -0.3 is 0 Å². The van der Waals surface area contributed by atoms with Gasteiger partial charge in [-0.25, -0.2) is 4.39 Å². The normalized spacial score (nSPS) is 23.1. The first kappa shape index (κ1) is 25.4. The Morgan fingerprint density at radius 2 is 1.46 bits per heavy atom. The molecule has 3 saturated carbocycles. The molecule has 2 aromatic carbocycles. The molecule has 0 spiro atoms. The molecule has 0 N–H and O–H groups in total. The van der Waals surface area contributed by atoms with Crippen LogP contribution < -0.4 is 0 Å². The lowest BCUT2D eigenvalue weighted by atomic mass is 9.50. The molecule has 0 radical (unpaired) electrons. The molecule has 3 heteroatoms. The smallest absolute Gasteiger partial charge is 0.126 e. The highest BCUT2D eigenvalue weighted by atomic mass is 19.1. The molecule has 0 amide bonds. The molecule has 3 aliphatic rings. The average Bonchev–Trinajstić information content (AvgIpc) is 2.89. The number of aryl methyl sites for hydroxylation is 3. The molecule has 0 aliphatic heterocycles. The van der Waals surface area contributed by atoms with Gasteiger partial charge in [0.15, 0.2) is 0 Å². The summed E-state index contributed by atoms with van der Waals surface area (Å²) in [6.07, 6.45) is 15.1. The van der Waals surface area contributed by atoms with Crippen molar-refractivity contribution in [1.82, 2.24) is 0 Å². The van der Waals surface area contributed by atoms with Crippen LogP contribution in [-0.4, -0.2) is 0 Å². The standard InChI is InChI=1S/C32H39FN2/c1-3-5-6-7-26-11-9-24(21-30(26)33)8-10-25-12-13-29(28(23-35)27(25)22-34)32-18-15-31(14-4-2,16-19-32)17-20-32/h9,11-13,21H,3-8,10,14-20H2,1-2H3. The highest BCUT2D eigenvalue weighted by Crippen LogP contribution is 2.60. The first-order valence-electron chi connectivity index (χ1n) is 13.7. The van der Waals surface area contributed by atoms with Crippen molar-refractivity contribution in [3.63, 3.8) is 0 Å². The van der Waals surface area contributed by atoms with Crippen molar-refractivity contribution in [2.45, 2.75) is 109 Å². The number of hydrogen-bond donors (Lipinski definition) is 0. The maximum atomic E-state index is 14.6. The van der Waals surface area contributed by atoms with E-state index in [0.29, 0.717) is 29.4 Å². The van der Waals surface area contributed by atoms with E-state index in [1.165, 1.54) is 32.1 Å². The zero-order valence-corrected chi connectivity index (χ0v) is 21.6. The number of unbranched alkanes of at least 4 members (excludes halogenated alkanes) is 2. The van der Waals surface area contributed by atoms with Crippen LogP contribution in [-0.2, 0) is 24.7 Å². The number of halogens is 1. The zero-order chi connectivity index (χ0) is 24.9. The van der Waals surface area contributed by atoms with Crippen LogP contribution in [0.3, 0.4) is 0 Å². The SMILES string of the molecule is CCCCCc1ccc(CCc2ccc(C34CCC(CCC)(CC3)CC4)c(C#N)c2C#N)cc1F. The summed E-state index contributed by atoms with van der Waals surface area (Å²) in [6, 6.07) is 14.6. The van der Waals surface area contributed by atoms with Crippen LogP contribution in [0.5, 0.6) is 0 Å². The van der Waals surface area contributed by atoms with Gasteiger partial charge >= 0.3 is 0 Å². The van der Waals surface area contributed by atoms with Crippen LogP contribution in [0.15, 0.2) is 30.3 Å². The fourth-order valence-electron chi connectivity index (χ4n) is 6.91. The molecule has 35 heavy (non-hydrogen) atoms. The molecule has 5 rings (SSSR count). The van der Waals surface area contributed by atoms with Gasteiger partial charge in [-0.15, -0.1) is 0 Å². The molecule has 2 aromatic rings. The molecule has 0 unspecified atom stereocenters. The number of nitrogens with zero attached hydrogens (tertiary/aromatic N) is 2. The van der Waals surface area contributed by atoms with Crippen molar-refractivity contribution in [1.29, 1.82) is 10.5 Å². The Morgan fingerprint density at radius 1 is 0.771 bits per heavy atom. The van der Waals surface area contributed by atoms with Crippen LogP contribution in [0.2, 0.25) is 0 Å². The van der Waals surface area contributed by atoms with E-state index in [1.807, 2.05) is 12.1 Å². The predicted octanol–water partition coefficient (Wildman–Crippen LogP) is 8.48. The van der Waals surface area contributed by atoms with Crippen LogP contribution in [0, 0.1) is 33.9 Å². The summed E-state index contributed by atoms with van der Waals surface area (Å²) in [5.74, 6) is -0.125. The fourth-order valence-corrected chi connectivity index (χ4v) is 6.91. The van der Waals surface area contributed by atoms with Crippen molar-refractivity contribution >= 4 is 0 Å². The molecule has 0 saturated heterocycles. The lowest BCUT2D eigenvalue weighted by molar-refractivity contribution is 0.0319. The number of benzene rings is 2. The molecular formula is C32H39FN2. The topological polar surface area (TPSA) is 47.6 Å². The van der Waals surface area contributed by atoms with E-state index in [2.05, 4.69) is 38.1 Å². The first-order chi connectivity index (χ1) is 17.0. The summed E-state index contributed by atoms with van der Waals surface area (Å²) in [6.45, 7) is 4.44. The third kappa shape index (κ3) is 5.16. The Morgan fingerprint density at radius 3 is 2.06 bits per heavy atom. The maximum Gasteiger partial charge on any atom is 0.126 e. The van der Waals surface area contributed by atoms with Gasteiger partial charge in [0.25, 0.3) is 0 Å². The monoisotopic (exact) mass is 470 g/mol. The van der Waals surface area contributed by atoms with Gasteiger partial charge in [-0.3, -0.25) is 0 Å². The highest BCUT2D eigenvalue weighted by molar-refractivity contribution is 5.57. The van der Waals surface area contributed by atoms with E-state index in [4.69, 9.17) is 0 Å². The zero-order valence-electron chi connectivity index (χ0n) is 21.6. The Labute approximate surface area is 211 Å². The van der Waals surface area contributed by atoms with Gasteiger partial charge in [0.2, 0.25) is 0 Å². The average molecular weight is 471 g/mol. The third-order valence-corrected chi connectivity index (χ3v) is 9.12. The number of hydrogen-bond acceptors (Lipinski definition) is 2. The number of rotatable bonds is 10. The van der Waals surface area contributed by atoms with Crippen LogP contribution in [0.25, 0.3) is 0 Å². The molecule has 3 aliphatic carbocycles. The van der Waals surface area contributed by atoms with Gasteiger partial charge in [-0.1, -0.05) is 57.4 Å². The summed E-state index contributed by atoms with van der Waals surface area (Å²) in [7, 11) is 0. The van der Waals surface area contributed by atoms with Gasteiger partial charge in [0, 0.05) is 0 Å². The largest absolute Gasteiger partial charge is 0.207 e. The van der Waals surface area contributed by atoms with E-state index in [-0.39, 0.29) is 11.2 Å². The van der Waals surface area contributed by atoms with Gasteiger partial charge in [-0.05, 0) is 110 Å². The van der Waals surface area contributed by atoms with E-state index in [1.54, 1.807) is 6.07 Å². The Balaban J connectivity index is 1.52. The second kappa shape index (κ2) is 11.0. The molecule has 184 valence electrons. The second-order valence-corrected chi connectivity index (χ2v) is 11.2. The molecular weight excluding hydrogens is 431 g/mol. The fraction of sp³-hybridized carbons (Fsp3) is 0.562. The number of nitriles is 2. The summed E-state index contributed by atoms with van der Waals surface area (Å²) < 4.78 is 14.6. The number of fused-ring (bicyclic) bond motifs is 3. The highest BCUT2D eigenvalue weighted by Gasteiger charge is 2.49. The predicted molar refractivity (Wildman–Crippen MR) is 140 cm³/mol. The van der Waals surface area contributed by atoms with E-state index >= 15 is 0 Å². The Hall–Kier alpha value is -2.65. The Bertz CT molecular complexity index is 1110. The molecule has 2 nitrogen and oxygen atoms in total. The van der Waals surface area contributed by atoms with Crippen molar-refractivity contribution in [3.8, 4) is 12.1 Å². The van der Waals surface area contributed by atoms with Gasteiger partial charge in [0.05, 0.1) is 11.1 Å². The summed E-state index contributed by atoms with van der Waals surface area (Å²) in [5, 5.41) is 20.2. The summed E-state index contributed by atoms with van der Waals surface area (Å²) in [5.41, 5.74) is 5.44. The minimum Gasteiger partial charge on any atom is -0.207 e. The minimum atomic E-state index is -0.125. The van der Waals surface area contributed by atoms with Crippen molar-refractivity contribution in [3.05, 3.63) is 69.5 Å². The lowest BCUT2D eigenvalue weighted by Gasteiger charge is -2.54. The van der Waals surface area contributed by atoms with Crippen molar-refractivity contribution in [2.24, 2.45) is 5.41 Å². The van der Waals surface area contributed by atoms with Crippen LogP contribution >= 0.6 is 0 Å². The molecule has 0 atom stereocenters. The molecule has 0 aromatic heterocycles. The molecule has 0 heterocycles. The van der Waals surface area contributed by atoms with Gasteiger partial charge in [-0.2, -0.15) is 10.5 Å². The van der Waals surface area contributed by atoms with E-state index in [9.17, 15) is 14.9 Å². The minimum absolute atomic E-state index is 0.0570. The third-order valence-electron chi connectivity index (χ3n) is 9.12. The second-order valence-electron chi connectivity index (χ2n) is 11.2. The van der Waals surface area contributed by atoms with E-state index < -0.39 is 0 Å². The summed E-state index contributed by atoms with van der Waals surface area (Å²) in [4.78, 5) is 0. The van der Waals surface area contributed by atoms with Crippen molar-refractivity contribution < 1.29 is 4.39 Å². The van der Waals surface area contributed by atoms with E-state index in [0.717, 1.165) is 67.2 Å². The lowest BCUT2D eigenvalue weighted by Crippen LogP contribution is -2.44. The quantitative estimate of drug-likeness (QED) is 0.327. The maximum absolute atomic E-state index is 14.6. The van der Waals surface area contributed by atoms with Crippen molar-refractivity contribution in [2.75, 3.05) is 0 Å². The van der Waals surface area contributed by atoms with Crippen LogP contribution in [0.4, 0.5) is 4.39 Å². The van der Waals surface area contributed by atoms with Gasteiger partial charge in [0.1, 0.15) is 18.0 Å². The van der Waals surface area contributed by atoms with Crippen LogP contribution in [0.1, 0.15) is 118 Å². The first-order valence-corrected chi connectivity index (χ1v) is 13.7. The Kier molecular flexibility index (Phi) is 7.96. The molecule has 2 bridgehead atoms.